The number of carbonyl (C=O) groups is 1. The SMILES string of the molecule is CC(=O)N1CCCC(c2cncc(NC3CCOCC3)n2)C1. The van der Waals surface area contributed by atoms with Crippen molar-refractivity contribution in [1.29, 1.82) is 0 Å². The lowest BCUT2D eigenvalue weighted by Crippen LogP contribution is -2.38. The number of rotatable bonds is 3. The Morgan fingerprint density at radius 3 is 2.91 bits per heavy atom. The summed E-state index contributed by atoms with van der Waals surface area (Å²) in [6.07, 6.45) is 7.73. The molecule has 6 heteroatoms. The molecule has 1 N–H and O–H groups in total. The van der Waals surface area contributed by atoms with Crippen LogP contribution in [-0.4, -0.2) is 53.1 Å². The number of aromatic nitrogens is 2. The van der Waals surface area contributed by atoms with Gasteiger partial charge in [0.1, 0.15) is 5.82 Å². The van der Waals surface area contributed by atoms with Gasteiger partial charge in [0.25, 0.3) is 0 Å². The van der Waals surface area contributed by atoms with Gasteiger partial charge in [-0.25, -0.2) is 4.98 Å². The Kier molecular flexibility index (Phi) is 4.87. The minimum Gasteiger partial charge on any atom is -0.381 e. The van der Waals surface area contributed by atoms with E-state index in [0.717, 1.165) is 63.5 Å². The monoisotopic (exact) mass is 304 g/mol. The van der Waals surface area contributed by atoms with Gasteiger partial charge in [-0.3, -0.25) is 9.78 Å². The van der Waals surface area contributed by atoms with Gasteiger partial charge in [-0.1, -0.05) is 0 Å². The van der Waals surface area contributed by atoms with E-state index in [0.29, 0.717) is 12.0 Å². The van der Waals surface area contributed by atoms with Gasteiger partial charge in [0.15, 0.2) is 0 Å². The summed E-state index contributed by atoms with van der Waals surface area (Å²) in [5, 5.41) is 3.46. The number of nitrogens with one attached hydrogen (secondary N) is 1. The van der Waals surface area contributed by atoms with Crippen LogP contribution in [0.15, 0.2) is 12.4 Å². The fourth-order valence-electron chi connectivity index (χ4n) is 3.20. The lowest BCUT2D eigenvalue weighted by atomic mass is 9.95. The van der Waals surface area contributed by atoms with Crippen molar-refractivity contribution in [2.75, 3.05) is 31.6 Å². The summed E-state index contributed by atoms with van der Waals surface area (Å²) in [6.45, 7) is 4.86. The molecular weight excluding hydrogens is 280 g/mol. The van der Waals surface area contributed by atoms with E-state index in [9.17, 15) is 4.79 Å². The number of anilines is 1. The summed E-state index contributed by atoms with van der Waals surface area (Å²) in [4.78, 5) is 22.5. The predicted molar refractivity (Wildman–Crippen MR) is 83.7 cm³/mol. The second-order valence-corrected chi connectivity index (χ2v) is 6.16. The number of likely N-dealkylation sites (tertiary alicyclic amines) is 1. The second kappa shape index (κ2) is 7.05. The first kappa shape index (κ1) is 15.2. The number of ether oxygens (including phenoxy) is 1. The molecule has 3 rings (SSSR count). The number of carbonyl (C=O) groups excluding carboxylic acids is 1. The van der Waals surface area contributed by atoms with Crippen LogP contribution in [-0.2, 0) is 9.53 Å². The van der Waals surface area contributed by atoms with E-state index < -0.39 is 0 Å². The zero-order valence-corrected chi connectivity index (χ0v) is 13.1. The normalized spacial score (nSPS) is 23.3. The summed E-state index contributed by atoms with van der Waals surface area (Å²) in [5.74, 6) is 1.28. The Balaban J connectivity index is 1.66. The predicted octanol–water partition coefficient (Wildman–Crippen LogP) is 1.79. The summed E-state index contributed by atoms with van der Waals surface area (Å²) < 4.78 is 5.38. The molecule has 3 heterocycles. The molecule has 1 unspecified atom stereocenters. The molecule has 2 aliphatic heterocycles. The van der Waals surface area contributed by atoms with Gasteiger partial charge in [-0.05, 0) is 25.7 Å². The van der Waals surface area contributed by atoms with Crippen molar-refractivity contribution >= 4 is 11.7 Å². The number of nitrogens with zero attached hydrogens (tertiary/aromatic N) is 3. The van der Waals surface area contributed by atoms with Crippen molar-refractivity contribution in [3.05, 3.63) is 18.1 Å². The van der Waals surface area contributed by atoms with Gasteiger partial charge in [0.05, 0.1) is 11.9 Å². The second-order valence-electron chi connectivity index (χ2n) is 6.16. The lowest BCUT2D eigenvalue weighted by Gasteiger charge is -2.31. The van der Waals surface area contributed by atoms with Crippen molar-refractivity contribution in [1.82, 2.24) is 14.9 Å². The Morgan fingerprint density at radius 1 is 1.32 bits per heavy atom. The molecule has 1 aromatic heterocycles. The molecule has 6 nitrogen and oxygen atoms in total. The maximum Gasteiger partial charge on any atom is 0.219 e. The zero-order valence-electron chi connectivity index (χ0n) is 13.1. The highest BCUT2D eigenvalue weighted by atomic mass is 16.5. The Labute approximate surface area is 131 Å². The topological polar surface area (TPSA) is 67.4 Å². The largest absolute Gasteiger partial charge is 0.381 e. The number of hydrogen-bond acceptors (Lipinski definition) is 5. The van der Waals surface area contributed by atoms with E-state index >= 15 is 0 Å². The van der Waals surface area contributed by atoms with E-state index in [1.165, 1.54) is 0 Å². The average Bonchev–Trinajstić information content (AvgIpc) is 2.56. The van der Waals surface area contributed by atoms with Crippen LogP contribution >= 0.6 is 0 Å². The molecular formula is C16H24N4O2. The van der Waals surface area contributed by atoms with E-state index in [4.69, 9.17) is 9.72 Å². The summed E-state index contributed by atoms with van der Waals surface area (Å²) in [5.41, 5.74) is 0.989. The van der Waals surface area contributed by atoms with Gasteiger partial charge in [-0.2, -0.15) is 0 Å². The molecule has 0 saturated carbocycles. The van der Waals surface area contributed by atoms with E-state index in [-0.39, 0.29) is 5.91 Å². The minimum atomic E-state index is 0.147. The van der Waals surface area contributed by atoms with Gasteiger partial charge in [0, 0.05) is 51.4 Å². The van der Waals surface area contributed by atoms with Crippen LogP contribution in [0.25, 0.3) is 0 Å². The van der Waals surface area contributed by atoms with Crippen molar-refractivity contribution in [3.8, 4) is 0 Å². The number of piperidine rings is 1. The molecule has 0 aliphatic carbocycles. The zero-order chi connectivity index (χ0) is 15.4. The van der Waals surface area contributed by atoms with Crippen molar-refractivity contribution in [2.24, 2.45) is 0 Å². The first-order chi connectivity index (χ1) is 10.7. The van der Waals surface area contributed by atoms with Crippen LogP contribution in [0.1, 0.15) is 44.2 Å². The molecule has 2 saturated heterocycles. The highest BCUT2D eigenvalue weighted by Gasteiger charge is 2.24. The van der Waals surface area contributed by atoms with Crippen molar-refractivity contribution < 1.29 is 9.53 Å². The van der Waals surface area contributed by atoms with Gasteiger partial charge >= 0.3 is 0 Å². The van der Waals surface area contributed by atoms with Gasteiger partial charge < -0.3 is 15.0 Å². The van der Waals surface area contributed by atoms with Crippen LogP contribution in [0, 0.1) is 0 Å². The molecule has 22 heavy (non-hydrogen) atoms. The van der Waals surface area contributed by atoms with E-state index in [1.807, 2.05) is 11.1 Å². The van der Waals surface area contributed by atoms with Crippen molar-refractivity contribution in [3.63, 3.8) is 0 Å². The van der Waals surface area contributed by atoms with Crippen LogP contribution in [0.3, 0.4) is 0 Å². The standard InChI is InChI=1S/C16H24N4O2/c1-12(21)20-6-2-3-13(11-20)15-9-17-10-16(19-15)18-14-4-7-22-8-5-14/h9-10,13-14H,2-8,11H2,1H3,(H,18,19). The fourth-order valence-corrected chi connectivity index (χ4v) is 3.20. The van der Waals surface area contributed by atoms with Crippen LogP contribution in [0.4, 0.5) is 5.82 Å². The van der Waals surface area contributed by atoms with Crippen molar-refractivity contribution in [2.45, 2.75) is 44.6 Å². The molecule has 0 bridgehead atoms. The van der Waals surface area contributed by atoms with Gasteiger partial charge in [0.2, 0.25) is 5.91 Å². The molecule has 2 fully saturated rings. The molecule has 1 atom stereocenters. The van der Waals surface area contributed by atoms with Crippen LogP contribution in [0.2, 0.25) is 0 Å². The quantitative estimate of drug-likeness (QED) is 0.922. The highest BCUT2D eigenvalue weighted by Crippen LogP contribution is 2.26. The van der Waals surface area contributed by atoms with Crippen LogP contribution in [0.5, 0.6) is 0 Å². The van der Waals surface area contributed by atoms with Crippen LogP contribution < -0.4 is 5.32 Å². The first-order valence-corrected chi connectivity index (χ1v) is 8.14. The molecule has 1 amide bonds. The summed E-state index contributed by atoms with van der Waals surface area (Å²) in [7, 11) is 0. The number of amides is 1. The fraction of sp³-hybridized carbons (Fsp3) is 0.688. The molecule has 0 radical (unpaired) electrons. The molecule has 1 aromatic rings. The minimum absolute atomic E-state index is 0.147. The third kappa shape index (κ3) is 3.74. The third-order valence-corrected chi connectivity index (χ3v) is 4.51. The summed E-state index contributed by atoms with van der Waals surface area (Å²) in [6, 6.07) is 0.415. The molecule has 120 valence electrons. The Hall–Kier alpha value is -1.69. The van der Waals surface area contributed by atoms with Gasteiger partial charge in [-0.15, -0.1) is 0 Å². The maximum absolute atomic E-state index is 11.6. The smallest absolute Gasteiger partial charge is 0.219 e. The maximum atomic E-state index is 11.6. The summed E-state index contributed by atoms with van der Waals surface area (Å²) >= 11 is 0. The Bertz CT molecular complexity index is 517. The average molecular weight is 304 g/mol. The van der Waals surface area contributed by atoms with E-state index in [1.54, 1.807) is 13.1 Å². The number of hydrogen-bond donors (Lipinski definition) is 1. The molecule has 0 spiro atoms. The molecule has 0 aromatic carbocycles. The first-order valence-electron chi connectivity index (χ1n) is 8.14. The van der Waals surface area contributed by atoms with E-state index in [2.05, 4.69) is 10.3 Å². The Morgan fingerprint density at radius 2 is 2.14 bits per heavy atom. The third-order valence-electron chi connectivity index (χ3n) is 4.51. The molecule has 2 aliphatic rings. The lowest BCUT2D eigenvalue weighted by molar-refractivity contribution is -0.130. The highest BCUT2D eigenvalue weighted by molar-refractivity contribution is 5.73.